The average Bonchev–Trinajstić information content (AvgIpc) is 2.28. The summed E-state index contributed by atoms with van der Waals surface area (Å²) >= 11 is 0. The van der Waals surface area contributed by atoms with E-state index in [1.807, 2.05) is 6.92 Å². The van der Waals surface area contributed by atoms with Crippen molar-refractivity contribution in [3.63, 3.8) is 0 Å². The lowest BCUT2D eigenvalue weighted by atomic mass is 9.83. The Labute approximate surface area is 106 Å². The summed E-state index contributed by atoms with van der Waals surface area (Å²) in [5.74, 6) is 0.459. The predicted molar refractivity (Wildman–Crippen MR) is 67.6 cm³/mol. The second-order valence-corrected chi connectivity index (χ2v) is 4.75. The van der Waals surface area contributed by atoms with E-state index in [-0.39, 0.29) is 18.7 Å². The van der Waals surface area contributed by atoms with Gasteiger partial charge in [0.2, 0.25) is 0 Å². The van der Waals surface area contributed by atoms with E-state index in [0.717, 1.165) is 18.5 Å². The lowest BCUT2D eigenvalue weighted by Gasteiger charge is -2.24. The quantitative estimate of drug-likeness (QED) is 0.817. The van der Waals surface area contributed by atoms with Gasteiger partial charge < -0.3 is 9.84 Å². The highest BCUT2D eigenvalue weighted by molar-refractivity contribution is 5.09. The Morgan fingerprint density at radius 2 is 2.39 bits per heavy atom. The van der Waals surface area contributed by atoms with E-state index >= 15 is 0 Å². The fraction of sp³-hybridized carbons (Fsp3) is 0.692. The van der Waals surface area contributed by atoms with Crippen LogP contribution in [0.5, 0.6) is 0 Å². The van der Waals surface area contributed by atoms with Crippen molar-refractivity contribution in [1.29, 1.82) is 0 Å². The van der Waals surface area contributed by atoms with Gasteiger partial charge in [-0.05, 0) is 19.8 Å². The standard InChI is InChI=1S/C13H20N2O3/c1-2-18-8-11(16)7-15-9-14-12(6-13(15)17)10-4-3-5-10/h6,9-11,16H,2-5,7-8H2,1H3/t11-/m0/s1. The van der Waals surface area contributed by atoms with Gasteiger partial charge in [-0.15, -0.1) is 0 Å². The molecule has 1 N–H and O–H groups in total. The van der Waals surface area contributed by atoms with E-state index in [4.69, 9.17) is 4.74 Å². The Morgan fingerprint density at radius 3 is 2.94 bits per heavy atom. The van der Waals surface area contributed by atoms with Crippen LogP contribution in [0.2, 0.25) is 0 Å². The molecule has 1 fully saturated rings. The molecule has 1 saturated carbocycles. The molecule has 1 aromatic heterocycles. The zero-order valence-electron chi connectivity index (χ0n) is 10.7. The van der Waals surface area contributed by atoms with Crippen LogP contribution in [0.25, 0.3) is 0 Å². The molecule has 0 aliphatic heterocycles. The van der Waals surface area contributed by atoms with Crippen molar-refractivity contribution in [3.05, 3.63) is 28.4 Å². The summed E-state index contributed by atoms with van der Waals surface area (Å²) in [6.45, 7) is 2.91. The topological polar surface area (TPSA) is 64.3 Å². The SMILES string of the molecule is CCOC[C@@H](O)Cn1cnc(C2CCC2)cc1=O. The summed E-state index contributed by atoms with van der Waals surface area (Å²) in [4.78, 5) is 16.2. The highest BCUT2D eigenvalue weighted by Crippen LogP contribution is 2.34. The van der Waals surface area contributed by atoms with Crippen LogP contribution in [-0.2, 0) is 11.3 Å². The molecular formula is C13H20N2O3. The van der Waals surface area contributed by atoms with Crippen LogP contribution in [0.4, 0.5) is 0 Å². The van der Waals surface area contributed by atoms with Crippen LogP contribution >= 0.6 is 0 Å². The smallest absolute Gasteiger partial charge is 0.253 e. The third kappa shape index (κ3) is 3.17. The van der Waals surface area contributed by atoms with Gasteiger partial charge in [0.15, 0.2) is 0 Å². The second kappa shape index (κ2) is 6.11. The number of aliphatic hydroxyl groups is 1. The first-order valence-corrected chi connectivity index (χ1v) is 6.53. The average molecular weight is 252 g/mol. The summed E-state index contributed by atoms with van der Waals surface area (Å²) in [5.41, 5.74) is 0.796. The molecule has 0 saturated heterocycles. The first-order valence-electron chi connectivity index (χ1n) is 6.53. The van der Waals surface area contributed by atoms with Crippen molar-refractivity contribution in [3.8, 4) is 0 Å². The molecule has 1 atom stereocenters. The third-order valence-electron chi connectivity index (χ3n) is 3.35. The maximum Gasteiger partial charge on any atom is 0.253 e. The lowest BCUT2D eigenvalue weighted by molar-refractivity contribution is 0.0328. The molecular weight excluding hydrogens is 232 g/mol. The molecule has 18 heavy (non-hydrogen) atoms. The number of nitrogens with zero attached hydrogens (tertiary/aromatic N) is 2. The first kappa shape index (κ1) is 13.2. The number of ether oxygens (including phenoxy) is 1. The molecule has 5 heteroatoms. The van der Waals surface area contributed by atoms with Crippen LogP contribution in [0.1, 0.15) is 37.8 Å². The molecule has 5 nitrogen and oxygen atoms in total. The summed E-state index contributed by atoms with van der Waals surface area (Å²) in [5, 5.41) is 9.68. The molecule has 1 heterocycles. The Morgan fingerprint density at radius 1 is 1.61 bits per heavy atom. The van der Waals surface area contributed by atoms with Crippen LogP contribution < -0.4 is 5.56 Å². The molecule has 2 rings (SSSR count). The first-order chi connectivity index (χ1) is 8.70. The fourth-order valence-electron chi connectivity index (χ4n) is 2.04. The number of hydrogen-bond donors (Lipinski definition) is 1. The molecule has 0 amide bonds. The third-order valence-corrected chi connectivity index (χ3v) is 3.35. The molecule has 0 spiro atoms. The van der Waals surface area contributed by atoms with E-state index in [9.17, 15) is 9.90 Å². The molecule has 0 radical (unpaired) electrons. The van der Waals surface area contributed by atoms with Crippen molar-refractivity contribution in [2.75, 3.05) is 13.2 Å². The number of hydrogen-bond acceptors (Lipinski definition) is 4. The highest BCUT2D eigenvalue weighted by atomic mass is 16.5. The lowest BCUT2D eigenvalue weighted by Crippen LogP contribution is -2.30. The summed E-state index contributed by atoms with van der Waals surface area (Å²) in [7, 11) is 0. The largest absolute Gasteiger partial charge is 0.389 e. The van der Waals surface area contributed by atoms with Gasteiger partial charge in [0.25, 0.3) is 5.56 Å². The molecule has 1 aromatic rings. The molecule has 1 aliphatic rings. The van der Waals surface area contributed by atoms with Gasteiger partial charge in [0, 0.05) is 18.6 Å². The summed E-state index contributed by atoms with van der Waals surface area (Å²) in [6, 6.07) is 1.59. The minimum absolute atomic E-state index is 0.0950. The Kier molecular flexibility index (Phi) is 4.49. The number of aliphatic hydroxyl groups excluding tert-OH is 1. The van der Waals surface area contributed by atoms with Crippen molar-refractivity contribution in [2.24, 2.45) is 0 Å². The maximum absolute atomic E-state index is 11.9. The molecule has 1 aliphatic carbocycles. The Hall–Kier alpha value is -1.20. The molecule has 100 valence electrons. The maximum atomic E-state index is 11.9. The van der Waals surface area contributed by atoms with E-state index in [2.05, 4.69) is 4.98 Å². The van der Waals surface area contributed by atoms with E-state index in [0.29, 0.717) is 12.5 Å². The Bertz CT molecular complexity index is 440. The second-order valence-electron chi connectivity index (χ2n) is 4.75. The normalized spacial score (nSPS) is 17.4. The molecule has 0 bridgehead atoms. The van der Waals surface area contributed by atoms with Gasteiger partial charge in [-0.3, -0.25) is 9.36 Å². The van der Waals surface area contributed by atoms with Crippen molar-refractivity contribution >= 4 is 0 Å². The minimum atomic E-state index is -0.668. The van der Waals surface area contributed by atoms with Crippen LogP contribution in [-0.4, -0.2) is 34.0 Å². The number of rotatable bonds is 6. The predicted octanol–water partition coefficient (Wildman–Crippen LogP) is 0.908. The van der Waals surface area contributed by atoms with Crippen LogP contribution in [0, 0.1) is 0 Å². The van der Waals surface area contributed by atoms with Gasteiger partial charge in [-0.2, -0.15) is 0 Å². The zero-order chi connectivity index (χ0) is 13.0. The van der Waals surface area contributed by atoms with Gasteiger partial charge in [0.1, 0.15) is 0 Å². The van der Waals surface area contributed by atoms with Gasteiger partial charge in [-0.1, -0.05) is 6.42 Å². The van der Waals surface area contributed by atoms with E-state index in [1.165, 1.54) is 17.3 Å². The van der Waals surface area contributed by atoms with Crippen molar-refractivity contribution in [2.45, 2.75) is 44.8 Å². The fourth-order valence-corrected chi connectivity index (χ4v) is 2.04. The summed E-state index contributed by atoms with van der Waals surface area (Å²) in [6.07, 6.45) is 4.35. The van der Waals surface area contributed by atoms with E-state index < -0.39 is 6.10 Å². The van der Waals surface area contributed by atoms with Crippen LogP contribution in [0.15, 0.2) is 17.2 Å². The van der Waals surface area contributed by atoms with Crippen molar-refractivity contribution in [1.82, 2.24) is 9.55 Å². The molecule has 0 aromatic carbocycles. The van der Waals surface area contributed by atoms with Crippen LogP contribution in [0.3, 0.4) is 0 Å². The number of aromatic nitrogens is 2. The highest BCUT2D eigenvalue weighted by Gasteiger charge is 2.21. The minimum Gasteiger partial charge on any atom is -0.389 e. The van der Waals surface area contributed by atoms with Gasteiger partial charge in [0.05, 0.1) is 31.3 Å². The van der Waals surface area contributed by atoms with Gasteiger partial charge in [-0.25, -0.2) is 4.98 Å². The van der Waals surface area contributed by atoms with E-state index in [1.54, 1.807) is 6.07 Å². The molecule has 0 unspecified atom stereocenters. The zero-order valence-corrected chi connectivity index (χ0v) is 10.7. The van der Waals surface area contributed by atoms with Gasteiger partial charge >= 0.3 is 0 Å². The Balaban J connectivity index is 1.98. The summed E-state index contributed by atoms with van der Waals surface area (Å²) < 4.78 is 6.55. The monoisotopic (exact) mass is 252 g/mol. The van der Waals surface area contributed by atoms with Crippen molar-refractivity contribution < 1.29 is 9.84 Å².